The molecule has 5 nitrogen and oxygen atoms in total. The van der Waals surface area contributed by atoms with Crippen molar-refractivity contribution in [2.75, 3.05) is 5.73 Å². The Bertz CT molecular complexity index is 3540. The summed E-state index contributed by atoms with van der Waals surface area (Å²) in [7, 11) is 0. The van der Waals surface area contributed by atoms with Gasteiger partial charge in [-0.05, 0) is 67.6 Å². The largest absolute Gasteiger partial charge is 0.397 e. The molecule has 64 heavy (non-hydrogen) atoms. The summed E-state index contributed by atoms with van der Waals surface area (Å²) in [5.74, 6) is 0.626. The van der Waals surface area contributed by atoms with Crippen LogP contribution in [-0.2, 0) is 0 Å². The topological polar surface area (TPSA) is 98.4 Å². The fraction of sp³-hybridized carbons (Fsp3) is 0.0357. The van der Waals surface area contributed by atoms with Gasteiger partial charge in [0.25, 0.3) is 0 Å². The van der Waals surface area contributed by atoms with Crippen LogP contribution in [0.3, 0.4) is 0 Å². The minimum atomic E-state index is 0.163. The van der Waals surface area contributed by atoms with Gasteiger partial charge in [-0.2, -0.15) is 0 Å². The normalized spacial score (nSPS) is 11.3. The zero-order chi connectivity index (χ0) is 44.2. The molecule has 4 N–H and O–H groups in total. The summed E-state index contributed by atoms with van der Waals surface area (Å²) in [5.41, 5.74) is 14.7. The van der Waals surface area contributed by atoms with E-state index in [1.54, 1.807) is 22.7 Å². The van der Waals surface area contributed by atoms with E-state index in [1.807, 2.05) is 108 Å². The first-order valence-corrected chi connectivity index (χ1v) is 23.2. The Morgan fingerprint density at radius 3 is 1.81 bits per heavy atom. The van der Waals surface area contributed by atoms with Crippen molar-refractivity contribution in [3.8, 4) is 11.1 Å². The lowest BCUT2D eigenvalue weighted by Crippen LogP contribution is -2.04. The number of thiophene rings is 3. The van der Waals surface area contributed by atoms with Gasteiger partial charge in [0.15, 0.2) is 11.7 Å². The zero-order valence-corrected chi connectivity index (χ0v) is 37.8. The molecule has 3 aromatic heterocycles. The fourth-order valence-electron chi connectivity index (χ4n) is 7.91. The molecule has 0 radical (unpaired) electrons. The third-order valence-electron chi connectivity index (χ3n) is 11.1. The highest BCUT2D eigenvalue weighted by atomic mass is 32.1. The summed E-state index contributed by atoms with van der Waals surface area (Å²) in [5, 5.41) is 23.1. The molecule has 8 aromatic carbocycles. The molecule has 11 aromatic rings. The first-order chi connectivity index (χ1) is 31.3. The molecule has 0 aliphatic heterocycles. The molecule has 11 rings (SSSR count). The van der Waals surface area contributed by atoms with Crippen LogP contribution in [0, 0.1) is 24.7 Å². The van der Waals surface area contributed by atoms with Crippen LogP contribution in [0.15, 0.2) is 198 Å². The van der Waals surface area contributed by atoms with E-state index < -0.39 is 0 Å². The van der Waals surface area contributed by atoms with E-state index >= 15 is 0 Å². The summed E-state index contributed by atoms with van der Waals surface area (Å²) in [4.78, 5) is 9.86. The predicted octanol–water partition coefficient (Wildman–Crippen LogP) is 15.8. The Morgan fingerprint density at radius 2 is 1.11 bits per heavy atom. The van der Waals surface area contributed by atoms with Crippen LogP contribution < -0.4 is 5.73 Å². The molecule has 3 heterocycles. The van der Waals surface area contributed by atoms with Gasteiger partial charge >= 0.3 is 0 Å². The Hall–Kier alpha value is -7.36. The standard InChI is InChI=1S/C34H23N3S2.C15H12N2S.C7H8/c1-20-9-5-17-28-30(20)31-26(15-8-18-29(31)38-28)34(36-2)37-33(35)22-11-6-10-21(19-22)23-13-7-14-25-24-12-3-4-16-27(24)39-32(23)25;16-13(10-6-2-1-3-7-10)15-14(17)11-8-4-5-9-12(11)18-15;1-7-5-3-2-4-6-7/h3-19,35H,2H2,1H3;1-9,16H,17H2;2-6H,1H3. The second-order valence-corrected chi connectivity index (χ2v) is 18.5. The van der Waals surface area contributed by atoms with Crippen LogP contribution in [-0.4, -0.2) is 24.1 Å². The number of fused-ring (bicyclic) bond motifs is 7. The van der Waals surface area contributed by atoms with Crippen molar-refractivity contribution in [1.82, 2.24) is 0 Å². The Morgan fingerprint density at radius 1 is 0.531 bits per heavy atom. The monoisotopic (exact) mass is 881 g/mol. The number of amidine groups is 2. The van der Waals surface area contributed by atoms with Crippen LogP contribution >= 0.6 is 34.0 Å². The molecule has 0 unspecified atom stereocenters. The minimum Gasteiger partial charge on any atom is -0.397 e. The number of nitrogens with two attached hydrogens (primary N) is 1. The van der Waals surface area contributed by atoms with Gasteiger partial charge < -0.3 is 5.73 Å². The van der Waals surface area contributed by atoms with E-state index in [0.29, 0.717) is 17.2 Å². The van der Waals surface area contributed by atoms with E-state index in [4.69, 9.17) is 21.5 Å². The maximum Gasteiger partial charge on any atom is 0.161 e. The average Bonchev–Trinajstić information content (AvgIpc) is 4.03. The van der Waals surface area contributed by atoms with Gasteiger partial charge in [0, 0.05) is 67.1 Å². The third-order valence-corrected chi connectivity index (χ3v) is 14.6. The summed E-state index contributed by atoms with van der Waals surface area (Å²) >= 11 is 5.15. The third kappa shape index (κ3) is 8.42. The molecular weight excluding hydrogens is 839 g/mol. The van der Waals surface area contributed by atoms with Crippen LogP contribution in [0.5, 0.6) is 0 Å². The second kappa shape index (κ2) is 18.5. The first kappa shape index (κ1) is 42.0. The first-order valence-electron chi connectivity index (χ1n) is 20.8. The van der Waals surface area contributed by atoms with Gasteiger partial charge in [0.05, 0.1) is 16.3 Å². The van der Waals surface area contributed by atoms with Crippen molar-refractivity contribution >= 4 is 114 Å². The Kier molecular flexibility index (Phi) is 12.2. The molecule has 310 valence electrons. The van der Waals surface area contributed by atoms with Crippen LogP contribution in [0.4, 0.5) is 5.69 Å². The van der Waals surface area contributed by atoms with Crippen LogP contribution in [0.2, 0.25) is 0 Å². The SMILES string of the molecule is C=NC(=NC(=N)c1cccc(-c2cccc3c2sc2ccccc23)c1)c1cccc2sc3cccc(C)c3c12.Cc1ccccc1.N=C(c1ccccc1)c1sc2ccccc2c1N. The van der Waals surface area contributed by atoms with Crippen molar-refractivity contribution in [2.45, 2.75) is 13.8 Å². The maximum absolute atomic E-state index is 8.93. The summed E-state index contributed by atoms with van der Waals surface area (Å²) < 4.78 is 6.08. The molecule has 0 fully saturated rings. The molecule has 0 amide bonds. The fourth-order valence-corrected chi connectivity index (χ4v) is 11.4. The van der Waals surface area contributed by atoms with E-state index in [-0.39, 0.29) is 5.84 Å². The number of hydrogen-bond donors (Lipinski definition) is 3. The van der Waals surface area contributed by atoms with Crippen molar-refractivity contribution in [3.63, 3.8) is 0 Å². The number of nitrogens with one attached hydrogen (secondary N) is 2. The highest BCUT2D eigenvalue weighted by molar-refractivity contribution is 7.26. The zero-order valence-electron chi connectivity index (χ0n) is 35.3. The number of benzene rings is 8. The number of aryl methyl sites for hydroxylation is 2. The van der Waals surface area contributed by atoms with Crippen LogP contribution in [0.25, 0.3) is 61.6 Å². The average molecular weight is 882 g/mol. The smallest absolute Gasteiger partial charge is 0.161 e. The molecule has 8 heteroatoms. The van der Waals surface area contributed by atoms with Crippen molar-refractivity contribution in [3.05, 3.63) is 221 Å². The summed E-state index contributed by atoms with van der Waals surface area (Å²) in [6.45, 7) is 8.04. The van der Waals surface area contributed by atoms with Gasteiger partial charge in [0.1, 0.15) is 0 Å². The molecule has 0 saturated carbocycles. The van der Waals surface area contributed by atoms with Gasteiger partial charge in [-0.1, -0.05) is 163 Å². The van der Waals surface area contributed by atoms with Gasteiger partial charge in [-0.15, -0.1) is 34.0 Å². The Labute approximate surface area is 384 Å². The molecule has 0 aliphatic carbocycles. The van der Waals surface area contributed by atoms with Crippen molar-refractivity contribution in [1.29, 1.82) is 10.8 Å². The molecule has 0 bridgehead atoms. The minimum absolute atomic E-state index is 0.163. The second-order valence-electron chi connectivity index (χ2n) is 15.3. The molecule has 0 saturated heterocycles. The maximum atomic E-state index is 8.93. The number of hydrogen-bond acceptors (Lipinski definition) is 6. The van der Waals surface area contributed by atoms with Gasteiger partial charge in [0.2, 0.25) is 0 Å². The number of nitrogen functional groups attached to an aromatic ring is 1. The summed E-state index contributed by atoms with van der Waals surface area (Å²) in [6, 6.07) is 63.6. The molecule has 0 atom stereocenters. The van der Waals surface area contributed by atoms with Crippen molar-refractivity contribution in [2.24, 2.45) is 9.98 Å². The Balaban J connectivity index is 0.000000170. The highest BCUT2D eigenvalue weighted by Gasteiger charge is 2.17. The quantitative estimate of drug-likeness (QED) is 0.116. The highest BCUT2D eigenvalue weighted by Crippen LogP contribution is 2.41. The molecule has 0 aliphatic rings. The van der Waals surface area contributed by atoms with E-state index in [9.17, 15) is 0 Å². The van der Waals surface area contributed by atoms with E-state index in [1.165, 1.54) is 51.6 Å². The van der Waals surface area contributed by atoms with Crippen molar-refractivity contribution < 1.29 is 0 Å². The lowest BCUT2D eigenvalue weighted by Gasteiger charge is -2.08. The van der Waals surface area contributed by atoms with E-state index in [2.05, 4.69) is 117 Å². The van der Waals surface area contributed by atoms with E-state index in [0.717, 1.165) is 42.6 Å². The lowest BCUT2D eigenvalue weighted by atomic mass is 10.0. The van der Waals surface area contributed by atoms with Crippen LogP contribution in [0.1, 0.15) is 32.7 Å². The predicted molar refractivity (Wildman–Crippen MR) is 282 cm³/mol. The number of nitrogens with zero attached hydrogens (tertiary/aromatic N) is 2. The van der Waals surface area contributed by atoms with Gasteiger partial charge in [-0.25, -0.2) is 9.98 Å². The van der Waals surface area contributed by atoms with Gasteiger partial charge in [-0.3, -0.25) is 10.8 Å². The number of rotatable bonds is 5. The number of aliphatic imine (C=N–C) groups is 2. The summed E-state index contributed by atoms with van der Waals surface area (Å²) in [6.07, 6.45) is 0. The number of anilines is 1. The molecular formula is C56H43N5S3. The molecule has 0 spiro atoms. The lowest BCUT2D eigenvalue weighted by molar-refractivity contribution is 1.40.